The van der Waals surface area contributed by atoms with Gasteiger partial charge >= 0.3 is 0 Å². The fourth-order valence-electron chi connectivity index (χ4n) is 4.84. The van der Waals surface area contributed by atoms with E-state index in [9.17, 15) is 5.11 Å². The Balaban J connectivity index is 1.39. The molecule has 2 heterocycles. The van der Waals surface area contributed by atoms with Crippen LogP contribution in [0.25, 0.3) is 0 Å². The Bertz CT molecular complexity index is 999. The second kappa shape index (κ2) is 11.4. The first kappa shape index (κ1) is 24.8. The molecule has 1 fully saturated rings. The van der Waals surface area contributed by atoms with Gasteiger partial charge in [0.1, 0.15) is 18.0 Å². The number of likely N-dealkylation sites (tertiary alicyclic amines) is 1. The van der Waals surface area contributed by atoms with E-state index in [2.05, 4.69) is 52.0 Å². The van der Waals surface area contributed by atoms with E-state index in [4.69, 9.17) is 9.47 Å². The Labute approximate surface area is 204 Å². The van der Waals surface area contributed by atoms with E-state index < -0.39 is 5.60 Å². The minimum atomic E-state index is -0.976. The lowest BCUT2D eigenvalue weighted by Gasteiger charge is -2.32. The molecule has 0 saturated carbocycles. The Morgan fingerprint density at radius 1 is 1.06 bits per heavy atom. The Hall–Kier alpha value is -2.36. The quantitative estimate of drug-likeness (QED) is 0.656. The van der Waals surface area contributed by atoms with E-state index in [1.165, 1.54) is 29.5 Å². The topological polar surface area (TPSA) is 45.2 Å². The average Bonchev–Trinajstić information content (AvgIpc) is 3.00. The largest absolute Gasteiger partial charge is 0.492 e. The van der Waals surface area contributed by atoms with Gasteiger partial charge in [0.2, 0.25) is 0 Å². The molecule has 2 aromatic rings. The first-order valence-electron chi connectivity index (χ1n) is 12.4. The van der Waals surface area contributed by atoms with Crippen LogP contribution in [0.4, 0.5) is 0 Å². The van der Waals surface area contributed by atoms with Crippen molar-refractivity contribution in [1.82, 2.24) is 9.80 Å². The van der Waals surface area contributed by atoms with Crippen molar-refractivity contribution in [2.24, 2.45) is 5.92 Å². The number of benzene rings is 2. The molecule has 2 aliphatic rings. The smallest absolute Gasteiger partial charge is 0.123 e. The van der Waals surface area contributed by atoms with Crippen molar-refractivity contribution in [3.8, 4) is 17.6 Å². The highest BCUT2D eigenvalue weighted by Gasteiger charge is 2.21. The van der Waals surface area contributed by atoms with Gasteiger partial charge in [-0.1, -0.05) is 30.0 Å². The lowest BCUT2D eigenvalue weighted by atomic mass is 9.98. The van der Waals surface area contributed by atoms with E-state index >= 15 is 0 Å². The summed E-state index contributed by atoms with van der Waals surface area (Å²) in [6, 6.07) is 15.0. The lowest BCUT2D eigenvalue weighted by molar-refractivity contribution is 0.0873. The van der Waals surface area contributed by atoms with Gasteiger partial charge in [-0.3, -0.25) is 9.80 Å². The number of hydrogen-bond acceptors (Lipinski definition) is 5. The molecule has 0 spiro atoms. The van der Waals surface area contributed by atoms with Crippen LogP contribution in [0.2, 0.25) is 0 Å². The highest BCUT2D eigenvalue weighted by atomic mass is 16.5. The van der Waals surface area contributed by atoms with Crippen LogP contribution in [0.3, 0.4) is 0 Å². The molecule has 5 heteroatoms. The number of hydrogen-bond donors (Lipinski definition) is 1. The zero-order valence-electron chi connectivity index (χ0n) is 20.8. The summed E-state index contributed by atoms with van der Waals surface area (Å²) in [4.78, 5) is 5.01. The molecular weight excluding hydrogens is 424 g/mol. The number of piperidine rings is 1. The second-order valence-corrected chi connectivity index (χ2v) is 10.2. The fourth-order valence-corrected chi connectivity index (χ4v) is 4.84. The van der Waals surface area contributed by atoms with E-state index in [-0.39, 0.29) is 0 Å². The number of fused-ring (bicyclic) bond motifs is 1. The van der Waals surface area contributed by atoms with Gasteiger partial charge in [-0.2, -0.15) is 0 Å². The molecule has 0 radical (unpaired) electrons. The molecule has 0 aromatic heterocycles. The average molecular weight is 463 g/mol. The Morgan fingerprint density at radius 3 is 2.59 bits per heavy atom. The molecular formula is C29H38N2O3. The summed E-state index contributed by atoms with van der Waals surface area (Å²) in [6.45, 7) is 10.9. The van der Waals surface area contributed by atoms with Crippen LogP contribution in [0, 0.1) is 17.8 Å². The first-order chi connectivity index (χ1) is 16.4. The van der Waals surface area contributed by atoms with Crippen LogP contribution >= 0.6 is 0 Å². The standard InChI is InChI=1S/C29H38N2O3/c1-29(2,32)13-12-23-6-8-24(9-7-23)18-31-15-16-34-28-11-10-25(17-27(28)21-31)19-30-14-4-5-26(20-30)22-33-3/h6-11,17,26,32H,4-5,14-16,18-22H2,1-3H3. The van der Waals surface area contributed by atoms with Crippen molar-refractivity contribution in [3.05, 3.63) is 64.7 Å². The summed E-state index contributed by atoms with van der Waals surface area (Å²) in [5.41, 5.74) is 3.83. The number of ether oxygens (including phenoxy) is 2. The van der Waals surface area contributed by atoms with E-state index in [1.807, 2.05) is 12.1 Å². The van der Waals surface area contributed by atoms with Crippen molar-refractivity contribution in [2.75, 3.05) is 40.0 Å². The molecule has 34 heavy (non-hydrogen) atoms. The van der Waals surface area contributed by atoms with Gasteiger partial charge in [-0.15, -0.1) is 0 Å². The van der Waals surface area contributed by atoms with Gasteiger partial charge in [0, 0.05) is 51.0 Å². The van der Waals surface area contributed by atoms with Gasteiger partial charge in [-0.05, 0) is 74.5 Å². The minimum absolute atomic E-state index is 0.644. The summed E-state index contributed by atoms with van der Waals surface area (Å²) in [5.74, 6) is 7.57. The number of aliphatic hydroxyl groups is 1. The van der Waals surface area contributed by atoms with E-state index in [1.54, 1.807) is 21.0 Å². The van der Waals surface area contributed by atoms with Gasteiger partial charge in [0.05, 0.1) is 6.61 Å². The van der Waals surface area contributed by atoms with Crippen LogP contribution < -0.4 is 4.74 Å². The predicted octanol–water partition coefficient (Wildman–Crippen LogP) is 4.06. The maximum Gasteiger partial charge on any atom is 0.123 e. The van der Waals surface area contributed by atoms with Crippen molar-refractivity contribution < 1.29 is 14.6 Å². The summed E-state index contributed by atoms with van der Waals surface area (Å²) < 4.78 is 11.5. The third-order valence-corrected chi connectivity index (χ3v) is 6.47. The highest BCUT2D eigenvalue weighted by molar-refractivity contribution is 5.39. The van der Waals surface area contributed by atoms with Crippen LogP contribution in [0.5, 0.6) is 5.75 Å². The molecule has 1 N–H and O–H groups in total. The second-order valence-electron chi connectivity index (χ2n) is 10.2. The molecule has 0 bridgehead atoms. The van der Waals surface area contributed by atoms with Crippen LogP contribution in [-0.4, -0.2) is 60.5 Å². The zero-order valence-corrected chi connectivity index (χ0v) is 20.8. The van der Waals surface area contributed by atoms with Gasteiger partial charge in [-0.25, -0.2) is 0 Å². The van der Waals surface area contributed by atoms with Crippen molar-refractivity contribution in [2.45, 2.75) is 51.9 Å². The predicted molar refractivity (Wildman–Crippen MR) is 136 cm³/mol. The molecule has 1 unspecified atom stereocenters. The normalized spacial score (nSPS) is 19.5. The summed E-state index contributed by atoms with van der Waals surface area (Å²) in [5, 5.41) is 9.80. The highest BCUT2D eigenvalue weighted by Crippen LogP contribution is 2.27. The molecule has 4 rings (SSSR count). The van der Waals surface area contributed by atoms with Crippen molar-refractivity contribution >= 4 is 0 Å². The molecule has 5 nitrogen and oxygen atoms in total. The SMILES string of the molecule is COCC1CCCN(Cc2ccc3c(c2)CN(Cc2ccc(C#CC(C)(C)O)cc2)CCO3)C1. The first-order valence-corrected chi connectivity index (χ1v) is 12.4. The molecule has 2 aliphatic heterocycles. The fraction of sp³-hybridized carbons (Fsp3) is 0.517. The molecule has 2 aromatic carbocycles. The number of nitrogens with zero attached hydrogens (tertiary/aromatic N) is 2. The summed E-state index contributed by atoms with van der Waals surface area (Å²) >= 11 is 0. The Morgan fingerprint density at radius 2 is 1.82 bits per heavy atom. The van der Waals surface area contributed by atoms with Gasteiger partial charge in [0.15, 0.2) is 0 Å². The van der Waals surface area contributed by atoms with E-state index in [0.29, 0.717) is 12.5 Å². The van der Waals surface area contributed by atoms with Crippen molar-refractivity contribution in [3.63, 3.8) is 0 Å². The number of methoxy groups -OCH3 is 1. The maximum atomic E-state index is 9.80. The third-order valence-electron chi connectivity index (χ3n) is 6.47. The maximum absolute atomic E-state index is 9.80. The van der Waals surface area contributed by atoms with Gasteiger partial charge in [0.25, 0.3) is 0 Å². The molecule has 1 saturated heterocycles. The van der Waals surface area contributed by atoms with Crippen LogP contribution in [-0.2, 0) is 24.4 Å². The summed E-state index contributed by atoms with van der Waals surface area (Å²) in [7, 11) is 1.80. The lowest BCUT2D eigenvalue weighted by Crippen LogP contribution is -2.36. The molecule has 0 amide bonds. The third kappa shape index (κ3) is 7.32. The minimum Gasteiger partial charge on any atom is -0.492 e. The van der Waals surface area contributed by atoms with Crippen LogP contribution in [0.15, 0.2) is 42.5 Å². The monoisotopic (exact) mass is 462 g/mol. The molecule has 1 atom stereocenters. The van der Waals surface area contributed by atoms with Crippen LogP contribution in [0.1, 0.15) is 48.9 Å². The van der Waals surface area contributed by atoms with E-state index in [0.717, 1.165) is 57.2 Å². The van der Waals surface area contributed by atoms with Gasteiger partial charge < -0.3 is 14.6 Å². The number of rotatable bonds is 6. The summed E-state index contributed by atoms with van der Waals surface area (Å²) in [6.07, 6.45) is 2.52. The zero-order chi connectivity index (χ0) is 24.0. The molecule has 182 valence electrons. The Kier molecular flexibility index (Phi) is 8.28. The van der Waals surface area contributed by atoms with Crippen molar-refractivity contribution in [1.29, 1.82) is 0 Å². The molecule has 0 aliphatic carbocycles.